The Balaban J connectivity index is 1.90. The van der Waals surface area contributed by atoms with Gasteiger partial charge in [0.1, 0.15) is 11.6 Å². The van der Waals surface area contributed by atoms with E-state index >= 15 is 0 Å². The zero-order valence-electron chi connectivity index (χ0n) is 18.5. The lowest BCUT2D eigenvalue weighted by molar-refractivity contribution is 0.380. The molecule has 0 aromatic heterocycles. The molecule has 0 radical (unpaired) electrons. The van der Waals surface area contributed by atoms with Crippen molar-refractivity contribution in [3.8, 4) is 0 Å². The van der Waals surface area contributed by atoms with Gasteiger partial charge in [0.2, 0.25) is 0 Å². The average Bonchev–Trinajstić information content (AvgIpc) is 3.33. The maximum atomic E-state index is 13.5. The van der Waals surface area contributed by atoms with Gasteiger partial charge in [-0.3, -0.25) is 0 Å². The molecule has 1 saturated heterocycles. The SMILES string of the molecule is C=C/C(N)=C(\NC(N)=NCc1cccc(F)c1)N(CC1CCNC1)C(=C)c1ccccc1Cl. The summed E-state index contributed by atoms with van der Waals surface area (Å²) in [6, 6.07) is 13.7. The van der Waals surface area contributed by atoms with Gasteiger partial charge in [-0.25, -0.2) is 9.38 Å². The number of rotatable bonds is 9. The van der Waals surface area contributed by atoms with E-state index in [0.29, 0.717) is 40.3 Å². The van der Waals surface area contributed by atoms with Gasteiger partial charge < -0.3 is 27.0 Å². The van der Waals surface area contributed by atoms with E-state index in [-0.39, 0.29) is 18.3 Å². The number of nitrogens with one attached hydrogen (secondary N) is 2. The summed E-state index contributed by atoms with van der Waals surface area (Å²) in [6.45, 7) is 10.8. The molecule has 1 heterocycles. The Hall–Kier alpha value is -3.29. The van der Waals surface area contributed by atoms with E-state index in [1.165, 1.54) is 12.1 Å². The predicted octanol–water partition coefficient (Wildman–Crippen LogP) is 3.78. The maximum Gasteiger partial charge on any atom is 0.194 e. The van der Waals surface area contributed by atoms with Crippen molar-refractivity contribution in [1.82, 2.24) is 15.5 Å². The zero-order chi connectivity index (χ0) is 23.8. The van der Waals surface area contributed by atoms with Crippen LogP contribution in [0.3, 0.4) is 0 Å². The monoisotopic (exact) mass is 468 g/mol. The van der Waals surface area contributed by atoms with Crippen LogP contribution in [0.4, 0.5) is 4.39 Å². The molecule has 0 spiro atoms. The Bertz CT molecular complexity index is 1060. The first-order chi connectivity index (χ1) is 15.9. The van der Waals surface area contributed by atoms with Crippen molar-refractivity contribution in [1.29, 1.82) is 0 Å². The minimum atomic E-state index is -0.321. The van der Waals surface area contributed by atoms with E-state index in [9.17, 15) is 4.39 Å². The second-order valence-corrected chi connectivity index (χ2v) is 8.27. The van der Waals surface area contributed by atoms with Gasteiger partial charge in [-0.15, -0.1) is 0 Å². The molecular weight excluding hydrogens is 439 g/mol. The fourth-order valence-corrected chi connectivity index (χ4v) is 3.92. The molecule has 2 aromatic rings. The van der Waals surface area contributed by atoms with Crippen molar-refractivity contribution in [3.63, 3.8) is 0 Å². The van der Waals surface area contributed by atoms with Crippen molar-refractivity contribution < 1.29 is 4.39 Å². The first-order valence-electron chi connectivity index (χ1n) is 10.7. The number of benzene rings is 2. The smallest absolute Gasteiger partial charge is 0.194 e. The first-order valence-corrected chi connectivity index (χ1v) is 11.1. The highest BCUT2D eigenvalue weighted by molar-refractivity contribution is 6.32. The van der Waals surface area contributed by atoms with Crippen LogP contribution >= 0.6 is 11.6 Å². The largest absolute Gasteiger partial charge is 0.396 e. The molecule has 33 heavy (non-hydrogen) atoms. The van der Waals surface area contributed by atoms with Crippen molar-refractivity contribution >= 4 is 23.3 Å². The Morgan fingerprint density at radius 3 is 2.73 bits per heavy atom. The van der Waals surface area contributed by atoms with Gasteiger partial charge in [-0.05, 0) is 55.3 Å². The van der Waals surface area contributed by atoms with Crippen LogP contribution in [-0.2, 0) is 6.54 Å². The number of guanidine groups is 1. The summed E-state index contributed by atoms with van der Waals surface area (Å²) < 4.78 is 13.5. The molecule has 0 amide bonds. The van der Waals surface area contributed by atoms with Gasteiger partial charge >= 0.3 is 0 Å². The lowest BCUT2D eigenvalue weighted by atomic mass is 10.1. The number of allylic oxidation sites excluding steroid dienone is 1. The third-order valence-electron chi connectivity index (χ3n) is 5.44. The maximum absolute atomic E-state index is 13.5. The fraction of sp³-hybridized carbons (Fsp3) is 0.240. The predicted molar refractivity (Wildman–Crippen MR) is 134 cm³/mol. The summed E-state index contributed by atoms with van der Waals surface area (Å²) in [6.07, 6.45) is 2.57. The second kappa shape index (κ2) is 11.5. The van der Waals surface area contributed by atoms with Gasteiger partial charge in [0.15, 0.2) is 5.96 Å². The van der Waals surface area contributed by atoms with Crippen molar-refractivity contribution in [2.24, 2.45) is 22.4 Å². The lowest BCUT2D eigenvalue weighted by Gasteiger charge is -2.33. The molecule has 2 aromatic carbocycles. The average molecular weight is 469 g/mol. The lowest BCUT2D eigenvalue weighted by Crippen LogP contribution is -2.42. The second-order valence-electron chi connectivity index (χ2n) is 7.86. The molecular formula is C25H30ClFN6. The van der Waals surface area contributed by atoms with E-state index in [2.05, 4.69) is 28.8 Å². The quantitative estimate of drug-likeness (QED) is 0.255. The van der Waals surface area contributed by atoms with Crippen LogP contribution in [0.1, 0.15) is 17.5 Å². The Kier molecular flexibility index (Phi) is 8.52. The summed E-state index contributed by atoms with van der Waals surface area (Å²) in [5, 5.41) is 7.08. The highest BCUT2D eigenvalue weighted by Crippen LogP contribution is 2.29. The molecule has 0 saturated carbocycles. The summed E-state index contributed by atoms with van der Waals surface area (Å²) in [5.41, 5.74) is 15.1. The van der Waals surface area contributed by atoms with Crippen LogP contribution < -0.4 is 22.1 Å². The molecule has 6 N–H and O–H groups in total. The molecule has 1 atom stereocenters. The van der Waals surface area contributed by atoms with Crippen molar-refractivity contribution in [3.05, 3.63) is 101 Å². The highest BCUT2D eigenvalue weighted by Gasteiger charge is 2.25. The normalized spacial score (nSPS) is 16.8. The summed E-state index contributed by atoms with van der Waals surface area (Å²) in [5.74, 6) is 0.713. The van der Waals surface area contributed by atoms with E-state index in [0.717, 1.165) is 25.1 Å². The zero-order valence-corrected chi connectivity index (χ0v) is 19.3. The van der Waals surface area contributed by atoms with Crippen LogP contribution in [0.15, 0.2) is 84.3 Å². The molecule has 1 unspecified atom stereocenters. The molecule has 6 nitrogen and oxygen atoms in total. The number of aliphatic imine (C=N–C) groups is 1. The van der Waals surface area contributed by atoms with E-state index in [1.54, 1.807) is 18.2 Å². The Morgan fingerprint density at radius 2 is 2.06 bits per heavy atom. The molecule has 1 fully saturated rings. The molecule has 1 aliphatic rings. The van der Waals surface area contributed by atoms with Gasteiger partial charge in [0.25, 0.3) is 0 Å². The van der Waals surface area contributed by atoms with Crippen molar-refractivity contribution in [2.75, 3.05) is 19.6 Å². The summed E-state index contributed by atoms with van der Waals surface area (Å²) in [7, 11) is 0. The van der Waals surface area contributed by atoms with Crippen LogP contribution in [0.25, 0.3) is 5.70 Å². The molecule has 1 aliphatic heterocycles. The van der Waals surface area contributed by atoms with Crippen LogP contribution in [-0.4, -0.2) is 30.5 Å². The molecule has 8 heteroatoms. The molecule has 3 rings (SSSR count). The van der Waals surface area contributed by atoms with Crippen LogP contribution in [0, 0.1) is 11.7 Å². The van der Waals surface area contributed by atoms with E-state index in [1.807, 2.05) is 29.2 Å². The minimum Gasteiger partial charge on any atom is -0.396 e. The van der Waals surface area contributed by atoms with Gasteiger partial charge in [-0.2, -0.15) is 0 Å². The van der Waals surface area contributed by atoms with Gasteiger partial charge in [-0.1, -0.05) is 55.1 Å². The Labute approximate surface area is 199 Å². The van der Waals surface area contributed by atoms with E-state index in [4.69, 9.17) is 23.1 Å². The van der Waals surface area contributed by atoms with Crippen LogP contribution in [0.5, 0.6) is 0 Å². The summed E-state index contributed by atoms with van der Waals surface area (Å²) >= 11 is 6.47. The minimum absolute atomic E-state index is 0.139. The van der Waals surface area contributed by atoms with Gasteiger partial charge in [0, 0.05) is 22.8 Å². The number of halogens is 2. The topological polar surface area (TPSA) is 91.7 Å². The number of hydrogen-bond acceptors (Lipinski definition) is 4. The van der Waals surface area contributed by atoms with Crippen LogP contribution in [0.2, 0.25) is 5.02 Å². The Morgan fingerprint density at radius 1 is 1.27 bits per heavy atom. The van der Waals surface area contributed by atoms with Crippen molar-refractivity contribution in [2.45, 2.75) is 13.0 Å². The number of nitrogens with two attached hydrogens (primary N) is 2. The third-order valence-corrected chi connectivity index (χ3v) is 5.77. The number of hydrogen-bond donors (Lipinski definition) is 4. The highest BCUT2D eigenvalue weighted by atomic mass is 35.5. The summed E-state index contributed by atoms with van der Waals surface area (Å²) in [4.78, 5) is 6.33. The molecule has 174 valence electrons. The van der Waals surface area contributed by atoms with E-state index < -0.39 is 0 Å². The third kappa shape index (κ3) is 6.60. The fourth-order valence-electron chi connectivity index (χ4n) is 3.67. The number of nitrogens with zero attached hydrogens (tertiary/aromatic N) is 2. The molecule has 0 bridgehead atoms. The first kappa shape index (κ1) is 24.4. The van der Waals surface area contributed by atoms with Gasteiger partial charge in [0.05, 0.1) is 12.2 Å². The molecule has 0 aliphatic carbocycles. The standard InChI is InChI=1S/C25H30ClFN6/c1-3-23(28)24(32-25(29)31-15-18-7-6-8-20(27)13-18)33(16-19-11-12-30-14-19)17(2)21-9-4-5-10-22(21)26/h3-10,13,19,30H,1-2,11-12,14-16,28H2,(H3,29,31,32)/b24-23-.